The molecule has 0 aromatic heterocycles. The van der Waals surface area contributed by atoms with Gasteiger partial charge in [-0.2, -0.15) is 0 Å². The minimum absolute atomic E-state index is 0.0716. The molecule has 0 aliphatic rings. The highest BCUT2D eigenvalue weighted by Crippen LogP contribution is 2.12. The number of carbonyl (C=O) groups is 3. The molecule has 0 radical (unpaired) electrons. The molecule has 1 atom stereocenters. The van der Waals surface area contributed by atoms with Crippen molar-refractivity contribution >= 4 is 18.0 Å². The van der Waals surface area contributed by atoms with Gasteiger partial charge in [-0.1, -0.05) is 69.4 Å². The van der Waals surface area contributed by atoms with Gasteiger partial charge in [0.05, 0.1) is 13.7 Å². The minimum atomic E-state index is -0.782. The fourth-order valence-corrected chi connectivity index (χ4v) is 3.24. The molecule has 0 fully saturated rings. The van der Waals surface area contributed by atoms with Gasteiger partial charge < -0.3 is 19.5 Å². The van der Waals surface area contributed by atoms with Crippen molar-refractivity contribution in [3.05, 3.63) is 35.9 Å². The van der Waals surface area contributed by atoms with Crippen LogP contribution in [-0.2, 0) is 30.4 Å². The largest absolute Gasteiger partial charge is 0.468 e. The summed E-state index contributed by atoms with van der Waals surface area (Å²) in [6.45, 7) is 7.69. The Hall–Kier alpha value is -2.61. The number of nitrogens with zero attached hydrogens (tertiary/aromatic N) is 1. The number of nitrogens with one attached hydrogen (secondary N) is 1. The second kappa shape index (κ2) is 16.1. The van der Waals surface area contributed by atoms with Crippen molar-refractivity contribution in [2.24, 2.45) is 0 Å². The van der Waals surface area contributed by atoms with Crippen molar-refractivity contribution in [2.75, 3.05) is 26.7 Å². The zero-order chi connectivity index (χ0) is 25.4. The van der Waals surface area contributed by atoms with Gasteiger partial charge in [0.25, 0.3) is 0 Å². The van der Waals surface area contributed by atoms with Crippen molar-refractivity contribution < 1.29 is 28.6 Å². The van der Waals surface area contributed by atoms with E-state index in [0.717, 1.165) is 24.8 Å². The third-order valence-electron chi connectivity index (χ3n) is 5.02. The maximum absolute atomic E-state index is 12.8. The molecule has 0 saturated heterocycles. The first-order chi connectivity index (χ1) is 16.2. The summed E-state index contributed by atoms with van der Waals surface area (Å²) in [5, 5.41) is 3.16. The number of benzene rings is 1. The highest BCUT2D eigenvalue weighted by Gasteiger charge is 2.30. The second-order valence-corrected chi connectivity index (χ2v) is 9.30. The molecule has 1 amide bonds. The van der Waals surface area contributed by atoms with Gasteiger partial charge in [0.2, 0.25) is 0 Å². The molecule has 0 heterocycles. The van der Waals surface area contributed by atoms with Crippen molar-refractivity contribution in [1.29, 1.82) is 0 Å². The molecule has 0 spiro atoms. The SMILES string of the molecule is CCCCCCCCN[C@H](CN(CC(=O)OCc1ccccc1)C(=O)OC(C)(C)C)C(=O)OC. The van der Waals surface area contributed by atoms with E-state index in [-0.39, 0.29) is 19.7 Å². The second-order valence-electron chi connectivity index (χ2n) is 9.30. The zero-order valence-corrected chi connectivity index (χ0v) is 21.4. The van der Waals surface area contributed by atoms with Crippen LogP contribution >= 0.6 is 0 Å². The van der Waals surface area contributed by atoms with E-state index in [2.05, 4.69) is 12.2 Å². The Morgan fingerprint density at radius 1 is 1.00 bits per heavy atom. The molecule has 1 aromatic rings. The molecule has 0 aliphatic heterocycles. The van der Waals surface area contributed by atoms with E-state index >= 15 is 0 Å². The predicted octanol–water partition coefficient (Wildman–Crippen LogP) is 4.46. The number of ether oxygens (including phenoxy) is 3. The van der Waals surface area contributed by atoms with Crippen LogP contribution in [0.4, 0.5) is 4.79 Å². The molecule has 1 rings (SSSR count). The number of methoxy groups -OCH3 is 1. The Morgan fingerprint density at radius 2 is 1.65 bits per heavy atom. The molecule has 34 heavy (non-hydrogen) atoms. The summed E-state index contributed by atoms with van der Waals surface area (Å²) in [6.07, 6.45) is 6.04. The normalized spacial score (nSPS) is 12.0. The molecule has 8 heteroatoms. The van der Waals surface area contributed by atoms with Crippen LogP contribution in [0.5, 0.6) is 0 Å². The summed E-state index contributed by atoms with van der Waals surface area (Å²) < 4.78 is 15.7. The van der Waals surface area contributed by atoms with Crippen LogP contribution in [0, 0.1) is 0 Å². The first-order valence-electron chi connectivity index (χ1n) is 12.1. The van der Waals surface area contributed by atoms with E-state index in [0.29, 0.717) is 6.54 Å². The number of carbonyl (C=O) groups excluding carboxylic acids is 3. The van der Waals surface area contributed by atoms with Gasteiger partial charge in [0.1, 0.15) is 24.8 Å². The van der Waals surface area contributed by atoms with Crippen molar-refractivity contribution in [1.82, 2.24) is 10.2 Å². The van der Waals surface area contributed by atoms with E-state index in [1.807, 2.05) is 30.3 Å². The molecule has 1 aromatic carbocycles. The lowest BCUT2D eigenvalue weighted by Crippen LogP contribution is -2.51. The van der Waals surface area contributed by atoms with E-state index in [1.165, 1.54) is 31.3 Å². The molecule has 1 N–H and O–H groups in total. The van der Waals surface area contributed by atoms with Gasteiger partial charge in [-0.3, -0.25) is 14.5 Å². The number of esters is 2. The Kier molecular flexibility index (Phi) is 13.9. The highest BCUT2D eigenvalue weighted by molar-refractivity contribution is 5.80. The van der Waals surface area contributed by atoms with Crippen LogP contribution in [0.2, 0.25) is 0 Å². The molecule has 0 saturated carbocycles. The first kappa shape index (κ1) is 29.4. The molecule has 0 aliphatic carbocycles. The van der Waals surface area contributed by atoms with E-state index in [1.54, 1.807) is 20.8 Å². The summed E-state index contributed by atoms with van der Waals surface area (Å²) >= 11 is 0. The topological polar surface area (TPSA) is 94.2 Å². The van der Waals surface area contributed by atoms with Crippen molar-refractivity contribution in [3.63, 3.8) is 0 Å². The van der Waals surface area contributed by atoms with Gasteiger partial charge >= 0.3 is 18.0 Å². The standard InChI is InChI=1S/C26H42N2O6/c1-6-7-8-9-10-14-17-27-22(24(30)32-5)18-28(25(31)34-26(2,3)4)19-23(29)33-20-21-15-12-11-13-16-21/h11-13,15-16,22,27H,6-10,14,17-20H2,1-5H3/t22-/m1/s1. The third-order valence-corrected chi connectivity index (χ3v) is 5.02. The first-order valence-corrected chi connectivity index (χ1v) is 12.1. The maximum atomic E-state index is 12.8. The van der Waals surface area contributed by atoms with Gasteiger partial charge in [-0.15, -0.1) is 0 Å². The van der Waals surface area contributed by atoms with Crippen LogP contribution in [-0.4, -0.2) is 61.3 Å². The van der Waals surface area contributed by atoms with Gasteiger partial charge in [-0.25, -0.2) is 4.79 Å². The number of rotatable bonds is 15. The Balaban J connectivity index is 2.75. The molecule has 192 valence electrons. The lowest BCUT2D eigenvalue weighted by Gasteiger charge is -2.29. The quantitative estimate of drug-likeness (QED) is 0.226. The van der Waals surface area contributed by atoms with Crippen LogP contribution in [0.15, 0.2) is 30.3 Å². The third kappa shape index (κ3) is 13.2. The molecular formula is C26H42N2O6. The van der Waals surface area contributed by atoms with Crippen LogP contribution < -0.4 is 5.32 Å². The highest BCUT2D eigenvalue weighted by atomic mass is 16.6. The van der Waals surface area contributed by atoms with Gasteiger partial charge in [0.15, 0.2) is 0 Å². The summed E-state index contributed by atoms with van der Waals surface area (Å²) in [6, 6.07) is 8.49. The molecule has 0 bridgehead atoms. The van der Waals surface area contributed by atoms with E-state index in [9.17, 15) is 14.4 Å². The summed E-state index contributed by atoms with van der Waals surface area (Å²) in [5.41, 5.74) is 0.0865. The average molecular weight is 479 g/mol. The smallest absolute Gasteiger partial charge is 0.410 e. The van der Waals surface area contributed by atoms with E-state index < -0.39 is 29.7 Å². The predicted molar refractivity (Wildman–Crippen MR) is 131 cm³/mol. The maximum Gasteiger partial charge on any atom is 0.410 e. The number of unbranched alkanes of at least 4 members (excludes halogenated alkanes) is 5. The fraction of sp³-hybridized carbons (Fsp3) is 0.654. The minimum Gasteiger partial charge on any atom is -0.468 e. The number of hydrogen-bond donors (Lipinski definition) is 1. The van der Waals surface area contributed by atoms with E-state index in [4.69, 9.17) is 14.2 Å². The zero-order valence-electron chi connectivity index (χ0n) is 21.4. The van der Waals surface area contributed by atoms with Crippen LogP contribution in [0.25, 0.3) is 0 Å². The number of hydrogen-bond acceptors (Lipinski definition) is 7. The van der Waals surface area contributed by atoms with Gasteiger partial charge in [-0.05, 0) is 39.3 Å². The number of amides is 1. The Morgan fingerprint density at radius 3 is 2.26 bits per heavy atom. The summed E-state index contributed by atoms with van der Waals surface area (Å²) in [5.74, 6) is -1.09. The Bertz CT molecular complexity index is 733. The fourth-order valence-electron chi connectivity index (χ4n) is 3.24. The van der Waals surface area contributed by atoms with Crippen molar-refractivity contribution in [3.8, 4) is 0 Å². The molecule has 0 unspecified atom stereocenters. The van der Waals surface area contributed by atoms with Crippen LogP contribution in [0.3, 0.4) is 0 Å². The summed E-state index contributed by atoms with van der Waals surface area (Å²) in [4.78, 5) is 38.9. The summed E-state index contributed by atoms with van der Waals surface area (Å²) in [7, 11) is 1.30. The monoisotopic (exact) mass is 478 g/mol. The average Bonchev–Trinajstić information content (AvgIpc) is 2.79. The molecule has 8 nitrogen and oxygen atoms in total. The molecular weight excluding hydrogens is 436 g/mol. The Labute approximate surface area is 204 Å². The van der Waals surface area contributed by atoms with Crippen LogP contribution in [0.1, 0.15) is 71.8 Å². The lowest BCUT2D eigenvalue weighted by atomic mass is 10.1. The van der Waals surface area contributed by atoms with Gasteiger partial charge in [0, 0.05) is 0 Å². The lowest BCUT2D eigenvalue weighted by molar-refractivity contribution is -0.148. The van der Waals surface area contributed by atoms with Crippen molar-refractivity contribution in [2.45, 2.75) is 84.5 Å².